The minimum atomic E-state index is 0.507. The fourth-order valence-corrected chi connectivity index (χ4v) is 2.85. The van der Waals surface area contributed by atoms with Crippen molar-refractivity contribution in [3.63, 3.8) is 0 Å². The zero-order valence-corrected chi connectivity index (χ0v) is 13.3. The highest BCUT2D eigenvalue weighted by Gasteiger charge is 2.12. The number of nitrogens with zero attached hydrogens (tertiary/aromatic N) is 3. The van der Waals surface area contributed by atoms with E-state index in [0.717, 1.165) is 27.8 Å². The predicted molar refractivity (Wildman–Crippen MR) is 96.4 cm³/mol. The van der Waals surface area contributed by atoms with E-state index in [1.54, 1.807) is 24.5 Å². The zero-order chi connectivity index (χ0) is 15.8. The van der Waals surface area contributed by atoms with Gasteiger partial charge in [-0.25, -0.2) is 4.99 Å². The molecule has 1 N–H and O–H groups in total. The van der Waals surface area contributed by atoms with E-state index in [2.05, 4.69) is 20.5 Å². The molecule has 0 saturated carbocycles. The molecule has 0 aromatic heterocycles. The Morgan fingerprint density at radius 1 is 0.913 bits per heavy atom. The van der Waals surface area contributed by atoms with E-state index in [4.69, 9.17) is 23.2 Å². The van der Waals surface area contributed by atoms with Gasteiger partial charge in [-0.05, 0) is 36.4 Å². The van der Waals surface area contributed by atoms with E-state index in [-0.39, 0.29) is 0 Å². The monoisotopic (exact) mass is 340 g/mol. The van der Waals surface area contributed by atoms with Crippen molar-refractivity contribution in [1.29, 1.82) is 0 Å². The van der Waals surface area contributed by atoms with Crippen LogP contribution in [0.5, 0.6) is 0 Å². The molecule has 1 heterocycles. The molecule has 0 amide bonds. The first-order valence-corrected chi connectivity index (χ1v) is 7.69. The maximum Gasteiger partial charge on any atom is 0.106 e. The maximum atomic E-state index is 6.12. The van der Waals surface area contributed by atoms with Gasteiger partial charge in [-0.15, -0.1) is 10.2 Å². The molecule has 112 valence electrons. The highest BCUT2D eigenvalue weighted by atomic mass is 35.5. The minimum absolute atomic E-state index is 0.507. The Balaban J connectivity index is 1.84. The lowest BCUT2D eigenvalue weighted by Crippen LogP contribution is -1.99. The number of rotatable bonds is 2. The summed E-state index contributed by atoms with van der Waals surface area (Å²) in [5.41, 5.74) is 3.20. The molecule has 0 saturated heterocycles. The molecule has 0 aliphatic carbocycles. The average molecular weight is 341 g/mol. The lowest BCUT2D eigenvalue weighted by atomic mass is 10.0. The van der Waals surface area contributed by atoms with E-state index < -0.39 is 0 Å². The van der Waals surface area contributed by atoms with E-state index in [0.29, 0.717) is 15.7 Å². The number of benzene rings is 3. The first-order chi connectivity index (χ1) is 11.2. The number of hydrogen-bond donors (Lipinski definition) is 1. The summed E-state index contributed by atoms with van der Waals surface area (Å²) in [6.07, 6.45) is 1.68. The van der Waals surface area contributed by atoms with Gasteiger partial charge in [0.1, 0.15) is 5.69 Å². The van der Waals surface area contributed by atoms with Crippen LogP contribution < -0.4 is 5.32 Å². The second-order valence-corrected chi connectivity index (χ2v) is 5.87. The zero-order valence-electron chi connectivity index (χ0n) is 11.8. The van der Waals surface area contributed by atoms with E-state index in [9.17, 15) is 0 Å². The normalized spacial score (nSPS) is 12.8. The summed E-state index contributed by atoms with van der Waals surface area (Å²) in [4.78, 5) is 4.35. The van der Waals surface area contributed by atoms with Crippen molar-refractivity contribution >= 4 is 63.1 Å². The summed E-state index contributed by atoms with van der Waals surface area (Å²) in [5.74, 6) is 0. The highest BCUT2D eigenvalue weighted by Crippen LogP contribution is 2.40. The van der Waals surface area contributed by atoms with Crippen LogP contribution in [0.15, 0.2) is 63.8 Å². The number of hydrogen-bond acceptors (Lipinski definition) is 4. The van der Waals surface area contributed by atoms with Gasteiger partial charge in [0.05, 0.1) is 22.7 Å². The van der Waals surface area contributed by atoms with Crippen molar-refractivity contribution in [2.24, 2.45) is 15.2 Å². The Kier molecular flexibility index (Phi) is 3.48. The minimum Gasteiger partial charge on any atom is -0.346 e. The van der Waals surface area contributed by atoms with Crippen LogP contribution in [0.25, 0.3) is 10.8 Å². The molecule has 0 radical (unpaired) electrons. The van der Waals surface area contributed by atoms with E-state index >= 15 is 0 Å². The highest BCUT2D eigenvalue weighted by molar-refractivity contribution is 6.35. The van der Waals surface area contributed by atoms with Crippen molar-refractivity contribution in [2.45, 2.75) is 0 Å². The van der Waals surface area contributed by atoms with Gasteiger partial charge in [0.25, 0.3) is 0 Å². The van der Waals surface area contributed by atoms with Crippen molar-refractivity contribution in [2.75, 3.05) is 5.32 Å². The summed E-state index contributed by atoms with van der Waals surface area (Å²) < 4.78 is 0. The van der Waals surface area contributed by atoms with Crippen molar-refractivity contribution in [3.8, 4) is 0 Å². The van der Waals surface area contributed by atoms with Crippen LogP contribution in [-0.4, -0.2) is 6.34 Å². The SMILES string of the molecule is Clc1ccc(Cl)c(N=Nc2ccc3c4c(cccc24)NC=N3)c1. The van der Waals surface area contributed by atoms with Gasteiger partial charge in [-0.1, -0.05) is 35.3 Å². The second-order valence-electron chi connectivity index (χ2n) is 5.03. The van der Waals surface area contributed by atoms with Crippen LogP contribution in [0.1, 0.15) is 0 Å². The lowest BCUT2D eigenvalue weighted by molar-refractivity contribution is 1.24. The first kappa shape index (κ1) is 14.2. The summed E-state index contributed by atoms with van der Waals surface area (Å²) in [5, 5.41) is 14.8. The third-order valence-electron chi connectivity index (χ3n) is 3.59. The van der Waals surface area contributed by atoms with Gasteiger partial charge in [0.2, 0.25) is 0 Å². The van der Waals surface area contributed by atoms with Gasteiger partial charge in [0, 0.05) is 21.5 Å². The third kappa shape index (κ3) is 2.56. The molecular formula is C17H10Cl2N4. The Hall–Kier alpha value is -2.43. The number of halogens is 2. The molecule has 3 aromatic carbocycles. The van der Waals surface area contributed by atoms with E-state index in [1.807, 2.05) is 30.3 Å². The largest absolute Gasteiger partial charge is 0.346 e. The molecule has 4 rings (SSSR count). The van der Waals surface area contributed by atoms with Gasteiger partial charge < -0.3 is 5.32 Å². The molecule has 3 aromatic rings. The summed E-state index contributed by atoms with van der Waals surface area (Å²) in [6.45, 7) is 0. The summed E-state index contributed by atoms with van der Waals surface area (Å²) in [6, 6.07) is 14.9. The molecule has 0 bridgehead atoms. The molecule has 0 fully saturated rings. The number of anilines is 1. The Morgan fingerprint density at radius 2 is 1.78 bits per heavy atom. The number of nitrogens with one attached hydrogen (secondary N) is 1. The summed E-state index contributed by atoms with van der Waals surface area (Å²) >= 11 is 12.1. The molecule has 0 spiro atoms. The molecule has 0 unspecified atom stereocenters. The fourth-order valence-electron chi connectivity index (χ4n) is 2.53. The maximum absolute atomic E-state index is 6.12. The van der Waals surface area contributed by atoms with Crippen molar-refractivity contribution < 1.29 is 0 Å². The quantitative estimate of drug-likeness (QED) is 0.521. The van der Waals surface area contributed by atoms with Crippen molar-refractivity contribution in [3.05, 3.63) is 58.6 Å². The van der Waals surface area contributed by atoms with Crippen molar-refractivity contribution in [1.82, 2.24) is 0 Å². The molecule has 1 aliphatic heterocycles. The van der Waals surface area contributed by atoms with Crippen LogP contribution in [0.2, 0.25) is 10.0 Å². The van der Waals surface area contributed by atoms with Crippen LogP contribution in [-0.2, 0) is 0 Å². The van der Waals surface area contributed by atoms with Gasteiger partial charge in [0.15, 0.2) is 0 Å². The molecule has 6 heteroatoms. The van der Waals surface area contributed by atoms with Gasteiger partial charge >= 0.3 is 0 Å². The smallest absolute Gasteiger partial charge is 0.106 e. The molecule has 0 atom stereocenters. The average Bonchev–Trinajstić information content (AvgIpc) is 2.57. The predicted octanol–water partition coefficient (Wildman–Crippen LogP) is 6.65. The Bertz CT molecular complexity index is 980. The topological polar surface area (TPSA) is 49.1 Å². The van der Waals surface area contributed by atoms with Gasteiger partial charge in [-0.2, -0.15) is 0 Å². The molecular weight excluding hydrogens is 331 g/mol. The molecule has 1 aliphatic rings. The molecule has 4 nitrogen and oxygen atoms in total. The Morgan fingerprint density at radius 3 is 2.70 bits per heavy atom. The first-order valence-electron chi connectivity index (χ1n) is 6.94. The number of aliphatic imine (C=N–C) groups is 1. The Labute approximate surface area is 142 Å². The molecule has 23 heavy (non-hydrogen) atoms. The van der Waals surface area contributed by atoms with Crippen LogP contribution in [0.3, 0.4) is 0 Å². The van der Waals surface area contributed by atoms with Crippen LogP contribution >= 0.6 is 23.2 Å². The fraction of sp³-hybridized carbons (Fsp3) is 0. The van der Waals surface area contributed by atoms with Crippen LogP contribution in [0.4, 0.5) is 22.7 Å². The lowest BCUT2D eigenvalue weighted by Gasteiger charge is -2.13. The third-order valence-corrected chi connectivity index (χ3v) is 4.15. The van der Waals surface area contributed by atoms with Gasteiger partial charge in [-0.3, -0.25) is 0 Å². The van der Waals surface area contributed by atoms with Crippen LogP contribution in [0, 0.1) is 0 Å². The second kappa shape index (κ2) is 5.65. The standard InChI is InChI=1S/C17H10Cl2N4/c18-10-4-5-12(19)16(8-10)23-22-13-6-7-15-17-11(13)2-1-3-14(17)20-9-21-15/h1-9H,(H,20,21). The number of azo groups is 1. The summed E-state index contributed by atoms with van der Waals surface area (Å²) in [7, 11) is 0. The van der Waals surface area contributed by atoms with E-state index in [1.165, 1.54) is 0 Å².